The summed E-state index contributed by atoms with van der Waals surface area (Å²) in [4.78, 5) is 0. The van der Waals surface area contributed by atoms with E-state index in [9.17, 15) is 4.39 Å². The molecule has 3 aromatic carbocycles. The largest absolute Gasteiger partial charge is 0.490 e. The molecule has 0 saturated carbocycles. The van der Waals surface area contributed by atoms with Crippen LogP contribution in [-0.4, -0.2) is 6.61 Å². The molecule has 3 rings (SSSR count). The van der Waals surface area contributed by atoms with Crippen molar-refractivity contribution >= 4 is 11.6 Å². The maximum absolute atomic E-state index is 13.0. The number of aryl methyl sites for hydroxylation is 1. The summed E-state index contributed by atoms with van der Waals surface area (Å²) >= 11 is 6.52. The van der Waals surface area contributed by atoms with E-state index in [0.717, 1.165) is 16.7 Å². The van der Waals surface area contributed by atoms with E-state index in [0.29, 0.717) is 42.8 Å². The van der Waals surface area contributed by atoms with Crippen LogP contribution in [0.15, 0.2) is 60.7 Å². The van der Waals surface area contributed by atoms with Crippen LogP contribution in [-0.2, 0) is 19.7 Å². The van der Waals surface area contributed by atoms with Crippen LogP contribution >= 0.6 is 11.6 Å². The van der Waals surface area contributed by atoms with Crippen molar-refractivity contribution in [1.29, 1.82) is 0 Å². The van der Waals surface area contributed by atoms with Crippen LogP contribution in [0.25, 0.3) is 0 Å². The number of benzene rings is 3. The predicted molar refractivity (Wildman–Crippen MR) is 115 cm³/mol. The van der Waals surface area contributed by atoms with E-state index in [1.54, 1.807) is 12.1 Å². The first-order valence-electron chi connectivity index (χ1n) is 9.64. The molecule has 29 heavy (non-hydrogen) atoms. The van der Waals surface area contributed by atoms with Gasteiger partial charge in [0.15, 0.2) is 11.5 Å². The van der Waals surface area contributed by atoms with E-state index < -0.39 is 0 Å². The highest BCUT2D eigenvalue weighted by Gasteiger charge is 2.13. The molecule has 0 aliphatic carbocycles. The van der Waals surface area contributed by atoms with E-state index >= 15 is 0 Å². The zero-order valence-corrected chi connectivity index (χ0v) is 17.4. The maximum Gasteiger partial charge on any atom is 0.180 e. The van der Waals surface area contributed by atoms with Crippen LogP contribution in [0.2, 0.25) is 5.02 Å². The molecule has 152 valence electrons. The number of nitrogens with one attached hydrogen (secondary N) is 1. The minimum atomic E-state index is -0.233. The van der Waals surface area contributed by atoms with Gasteiger partial charge in [0.05, 0.1) is 11.6 Å². The van der Waals surface area contributed by atoms with Crippen molar-refractivity contribution in [3.63, 3.8) is 0 Å². The summed E-state index contributed by atoms with van der Waals surface area (Å²) in [5.74, 6) is 0.953. The van der Waals surface area contributed by atoms with Crippen molar-refractivity contribution in [3.05, 3.63) is 93.8 Å². The van der Waals surface area contributed by atoms with Gasteiger partial charge in [-0.3, -0.25) is 0 Å². The molecule has 0 aliphatic rings. The Labute approximate surface area is 176 Å². The summed E-state index contributed by atoms with van der Waals surface area (Å²) in [6.45, 7) is 6.17. The zero-order valence-electron chi connectivity index (χ0n) is 16.7. The number of hydrogen-bond acceptors (Lipinski definition) is 3. The molecule has 0 fully saturated rings. The molecule has 0 spiro atoms. The highest BCUT2D eigenvalue weighted by atomic mass is 35.5. The Morgan fingerprint density at radius 1 is 0.931 bits per heavy atom. The maximum atomic E-state index is 13.0. The van der Waals surface area contributed by atoms with E-state index in [-0.39, 0.29) is 5.82 Å². The second-order valence-electron chi connectivity index (χ2n) is 6.78. The molecule has 5 heteroatoms. The molecule has 3 aromatic rings. The second kappa shape index (κ2) is 10.3. The summed E-state index contributed by atoms with van der Waals surface area (Å²) in [7, 11) is 0. The topological polar surface area (TPSA) is 30.5 Å². The third-order valence-electron chi connectivity index (χ3n) is 4.57. The summed E-state index contributed by atoms with van der Waals surface area (Å²) in [6, 6.07) is 18.4. The van der Waals surface area contributed by atoms with E-state index in [1.165, 1.54) is 17.7 Å². The lowest BCUT2D eigenvalue weighted by atomic mass is 10.1. The molecule has 0 unspecified atom stereocenters. The zero-order chi connectivity index (χ0) is 20.6. The van der Waals surface area contributed by atoms with Gasteiger partial charge in [0.1, 0.15) is 12.4 Å². The molecule has 0 atom stereocenters. The van der Waals surface area contributed by atoms with Crippen LogP contribution in [0.4, 0.5) is 4.39 Å². The van der Waals surface area contributed by atoms with E-state index in [4.69, 9.17) is 21.1 Å². The minimum Gasteiger partial charge on any atom is -0.490 e. The van der Waals surface area contributed by atoms with Crippen molar-refractivity contribution in [2.24, 2.45) is 0 Å². The molecule has 0 aliphatic heterocycles. The van der Waals surface area contributed by atoms with Crippen LogP contribution < -0.4 is 14.8 Å². The van der Waals surface area contributed by atoms with Crippen molar-refractivity contribution in [1.82, 2.24) is 5.32 Å². The number of ether oxygens (including phenoxy) is 2. The van der Waals surface area contributed by atoms with Crippen molar-refractivity contribution in [3.8, 4) is 11.5 Å². The SMILES string of the molecule is CCOc1cc(CNCc2ccc(F)cc2)cc(Cl)c1OCc1ccccc1C. The molecule has 0 amide bonds. The Bertz CT molecular complexity index is 944. The smallest absolute Gasteiger partial charge is 0.180 e. The molecular weight excluding hydrogens is 389 g/mol. The van der Waals surface area contributed by atoms with Crippen LogP contribution in [0.1, 0.15) is 29.2 Å². The average molecular weight is 414 g/mol. The Balaban J connectivity index is 1.68. The Morgan fingerprint density at radius 2 is 1.66 bits per heavy atom. The van der Waals surface area contributed by atoms with Gasteiger partial charge in [-0.25, -0.2) is 4.39 Å². The van der Waals surface area contributed by atoms with E-state index in [2.05, 4.69) is 18.3 Å². The quantitative estimate of drug-likeness (QED) is 0.462. The van der Waals surface area contributed by atoms with Crippen LogP contribution in [0.5, 0.6) is 11.5 Å². The Hall–Kier alpha value is -2.56. The fourth-order valence-electron chi connectivity index (χ4n) is 3.00. The summed E-state index contributed by atoms with van der Waals surface area (Å²) < 4.78 is 24.8. The highest BCUT2D eigenvalue weighted by Crippen LogP contribution is 2.37. The van der Waals surface area contributed by atoms with Gasteiger partial charge in [-0.1, -0.05) is 48.0 Å². The van der Waals surface area contributed by atoms with Gasteiger partial charge in [-0.05, 0) is 60.4 Å². The number of rotatable bonds is 9. The fraction of sp³-hybridized carbons (Fsp3) is 0.250. The predicted octanol–water partition coefficient (Wildman–Crippen LogP) is 6.06. The van der Waals surface area contributed by atoms with Gasteiger partial charge in [-0.15, -0.1) is 0 Å². The van der Waals surface area contributed by atoms with Gasteiger partial charge in [0.25, 0.3) is 0 Å². The lowest BCUT2D eigenvalue weighted by Gasteiger charge is -2.16. The van der Waals surface area contributed by atoms with Crippen molar-refractivity contribution in [2.45, 2.75) is 33.5 Å². The summed E-state index contributed by atoms with van der Waals surface area (Å²) in [5.41, 5.74) is 4.28. The molecular formula is C24H25ClFNO2. The number of hydrogen-bond donors (Lipinski definition) is 1. The monoisotopic (exact) mass is 413 g/mol. The van der Waals surface area contributed by atoms with Gasteiger partial charge in [0, 0.05) is 13.1 Å². The molecule has 0 bridgehead atoms. The lowest BCUT2D eigenvalue weighted by Crippen LogP contribution is -2.13. The van der Waals surface area contributed by atoms with Gasteiger partial charge in [-0.2, -0.15) is 0 Å². The Morgan fingerprint density at radius 3 is 2.38 bits per heavy atom. The fourth-order valence-corrected chi connectivity index (χ4v) is 3.29. The lowest BCUT2D eigenvalue weighted by molar-refractivity contribution is 0.268. The Kier molecular flexibility index (Phi) is 7.50. The summed E-state index contributed by atoms with van der Waals surface area (Å²) in [5, 5.41) is 3.86. The molecule has 3 nitrogen and oxygen atoms in total. The first kappa shape index (κ1) is 21.2. The van der Waals surface area contributed by atoms with Crippen molar-refractivity contribution < 1.29 is 13.9 Å². The normalized spacial score (nSPS) is 10.8. The highest BCUT2D eigenvalue weighted by molar-refractivity contribution is 6.32. The summed E-state index contributed by atoms with van der Waals surface area (Å²) in [6.07, 6.45) is 0. The molecule has 0 radical (unpaired) electrons. The van der Waals surface area contributed by atoms with Gasteiger partial charge >= 0.3 is 0 Å². The standard InChI is InChI=1S/C24H25ClFNO2/c1-3-28-23-13-19(15-27-14-18-8-10-21(26)11-9-18)12-22(25)24(23)29-16-20-7-5-4-6-17(20)2/h4-13,27H,3,14-16H2,1-2H3. The molecule has 0 aromatic heterocycles. The molecule has 0 saturated heterocycles. The van der Waals surface area contributed by atoms with Crippen LogP contribution in [0.3, 0.4) is 0 Å². The average Bonchev–Trinajstić information content (AvgIpc) is 2.70. The van der Waals surface area contributed by atoms with Gasteiger partial charge in [0.2, 0.25) is 0 Å². The van der Waals surface area contributed by atoms with Gasteiger partial charge < -0.3 is 14.8 Å². The first-order valence-corrected chi connectivity index (χ1v) is 10.0. The molecule has 1 N–H and O–H groups in total. The number of halogens is 2. The third kappa shape index (κ3) is 5.96. The van der Waals surface area contributed by atoms with Crippen LogP contribution in [0, 0.1) is 12.7 Å². The third-order valence-corrected chi connectivity index (χ3v) is 4.85. The second-order valence-corrected chi connectivity index (χ2v) is 7.19. The molecule has 0 heterocycles. The minimum absolute atomic E-state index is 0.233. The van der Waals surface area contributed by atoms with E-state index in [1.807, 2.05) is 37.3 Å². The van der Waals surface area contributed by atoms with Crippen molar-refractivity contribution in [2.75, 3.05) is 6.61 Å². The first-order chi connectivity index (χ1) is 14.1.